The Bertz CT molecular complexity index is 1140. The van der Waals surface area contributed by atoms with Gasteiger partial charge in [-0.25, -0.2) is 13.1 Å². The third-order valence-corrected chi connectivity index (χ3v) is 6.79. The standard InChI is InChI=1S/C21H29N7O3S/c1-17-4-2-5-18(16-17)32(29,30)23-10-8-21-25-24-20-7-6-19(26-28(20)21)22-9-3-11-27-12-14-31-15-13-27/h2,4-7,16,23H,3,8-15H2,1H3,(H,22,26). The van der Waals surface area contributed by atoms with Gasteiger partial charge in [0.25, 0.3) is 0 Å². The average Bonchev–Trinajstić information content (AvgIpc) is 3.20. The molecule has 4 rings (SSSR count). The minimum Gasteiger partial charge on any atom is -0.379 e. The molecular weight excluding hydrogens is 430 g/mol. The Labute approximate surface area is 188 Å². The number of hydrogen-bond donors (Lipinski definition) is 2. The summed E-state index contributed by atoms with van der Waals surface area (Å²) in [6, 6.07) is 10.6. The number of sulfonamides is 1. The second-order valence-electron chi connectivity index (χ2n) is 7.80. The van der Waals surface area contributed by atoms with Gasteiger partial charge in [-0.3, -0.25) is 4.90 Å². The van der Waals surface area contributed by atoms with Crippen LogP contribution < -0.4 is 10.0 Å². The number of morpholine rings is 1. The van der Waals surface area contributed by atoms with Gasteiger partial charge in [-0.2, -0.15) is 4.52 Å². The van der Waals surface area contributed by atoms with E-state index in [1.54, 1.807) is 22.7 Å². The van der Waals surface area contributed by atoms with Gasteiger partial charge in [-0.15, -0.1) is 15.3 Å². The molecule has 1 aromatic carbocycles. The minimum absolute atomic E-state index is 0.204. The highest BCUT2D eigenvalue weighted by atomic mass is 32.2. The van der Waals surface area contributed by atoms with Crippen molar-refractivity contribution in [3.8, 4) is 0 Å². The maximum Gasteiger partial charge on any atom is 0.240 e. The maximum atomic E-state index is 12.5. The number of nitrogens with zero attached hydrogens (tertiary/aromatic N) is 5. The molecule has 3 aromatic rings. The van der Waals surface area contributed by atoms with E-state index in [2.05, 4.69) is 30.2 Å². The van der Waals surface area contributed by atoms with Gasteiger partial charge in [0.2, 0.25) is 10.0 Å². The van der Waals surface area contributed by atoms with Crippen LogP contribution in [0.3, 0.4) is 0 Å². The topological polar surface area (TPSA) is 114 Å². The maximum absolute atomic E-state index is 12.5. The van der Waals surface area contributed by atoms with Crippen LogP contribution in [0.1, 0.15) is 17.8 Å². The molecule has 3 heterocycles. The fraction of sp³-hybridized carbons (Fsp3) is 0.476. The Morgan fingerprint density at radius 3 is 2.75 bits per heavy atom. The van der Waals surface area contributed by atoms with Crippen molar-refractivity contribution in [2.75, 3.05) is 51.3 Å². The molecule has 0 amide bonds. The lowest BCUT2D eigenvalue weighted by atomic mass is 10.2. The van der Waals surface area contributed by atoms with E-state index in [1.807, 2.05) is 25.1 Å². The zero-order valence-corrected chi connectivity index (χ0v) is 19.0. The predicted molar refractivity (Wildman–Crippen MR) is 121 cm³/mol. The molecule has 0 saturated carbocycles. The molecule has 2 N–H and O–H groups in total. The molecule has 10 nitrogen and oxygen atoms in total. The lowest BCUT2D eigenvalue weighted by molar-refractivity contribution is 0.0378. The fourth-order valence-electron chi connectivity index (χ4n) is 3.59. The first kappa shape index (κ1) is 22.6. The van der Waals surface area contributed by atoms with Crippen LogP contribution in [0.25, 0.3) is 5.65 Å². The number of ether oxygens (including phenoxy) is 1. The van der Waals surface area contributed by atoms with Crippen molar-refractivity contribution in [1.82, 2.24) is 29.4 Å². The van der Waals surface area contributed by atoms with Gasteiger partial charge in [0.05, 0.1) is 18.1 Å². The predicted octanol–water partition coefficient (Wildman–Crippen LogP) is 1.09. The fourth-order valence-corrected chi connectivity index (χ4v) is 4.73. The summed E-state index contributed by atoms with van der Waals surface area (Å²) in [5.74, 6) is 1.34. The minimum atomic E-state index is -3.57. The largest absolute Gasteiger partial charge is 0.379 e. The van der Waals surface area contributed by atoms with Crippen molar-refractivity contribution in [2.45, 2.75) is 24.7 Å². The summed E-state index contributed by atoms with van der Waals surface area (Å²) in [7, 11) is -3.57. The van der Waals surface area contributed by atoms with Crippen LogP contribution >= 0.6 is 0 Å². The zero-order chi connectivity index (χ0) is 22.4. The molecule has 0 radical (unpaired) electrons. The molecule has 32 heavy (non-hydrogen) atoms. The first-order valence-corrected chi connectivity index (χ1v) is 12.3. The third-order valence-electron chi connectivity index (χ3n) is 5.33. The molecule has 0 unspecified atom stereocenters. The lowest BCUT2D eigenvalue weighted by Crippen LogP contribution is -2.37. The van der Waals surface area contributed by atoms with E-state index in [4.69, 9.17) is 4.74 Å². The van der Waals surface area contributed by atoms with Crippen molar-refractivity contribution in [1.29, 1.82) is 0 Å². The number of rotatable bonds is 10. The molecule has 0 aliphatic carbocycles. The average molecular weight is 460 g/mol. The number of aromatic nitrogens is 4. The zero-order valence-electron chi connectivity index (χ0n) is 18.2. The van der Waals surface area contributed by atoms with E-state index in [9.17, 15) is 8.42 Å². The molecular formula is C21H29N7O3S. The second-order valence-corrected chi connectivity index (χ2v) is 9.57. The first-order chi connectivity index (χ1) is 15.5. The van der Waals surface area contributed by atoms with Crippen molar-refractivity contribution in [3.63, 3.8) is 0 Å². The van der Waals surface area contributed by atoms with Gasteiger partial charge in [0.15, 0.2) is 11.5 Å². The van der Waals surface area contributed by atoms with Crippen LogP contribution in [0.4, 0.5) is 5.82 Å². The normalized spacial score (nSPS) is 15.3. The van der Waals surface area contributed by atoms with Crippen LogP contribution in [0, 0.1) is 6.92 Å². The van der Waals surface area contributed by atoms with Crippen LogP contribution in [-0.4, -0.2) is 79.1 Å². The number of hydrogen-bond acceptors (Lipinski definition) is 8. The van der Waals surface area contributed by atoms with E-state index < -0.39 is 10.0 Å². The second kappa shape index (κ2) is 10.3. The van der Waals surface area contributed by atoms with Crippen LogP contribution in [0.2, 0.25) is 0 Å². The van der Waals surface area contributed by atoms with Crippen molar-refractivity contribution in [2.24, 2.45) is 0 Å². The molecule has 0 bridgehead atoms. The van der Waals surface area contributed by atoms with E-state index in [1.165, 1.54) is 0 Å². The van der Waals surface area contributed by atoms with Gasteiger partial charge in [0.1, 0.15) is 5.82 Å². The summed E-state index contributed by atoms with van der Waals surface area (Å²) in [6.45, 7) is 7.49. The van der Waals surface area contributed by atoms with Crippen molar-refractivity contribution < 1.29 is 13.2 Å². The summed E-state index contributed by atoms with van der Waals surface area (Å²) in [6.07, 6.45) is 1.38. The first-order valence-electron chi connectivity index (χ1n) is 10.8. The molecule has 2 aromatic heterocycles. The monoisotopic (exact) mass is 459 g/mol. The van der Waals surface area contributed by atoms with Gasteiger partial charge in [-0.05, 0) is 49.7 Å². The highest BCUT2D eigenvalue weighted by molar-refractivity contribution is 7.89. The van der Waals surface area contributed by atoms with E-state index >= 15 is 0 Å². The Morgan fingerprint density at radius 1 is 1.09 bits per heavy atom. The van der Waals surface area contributed by atoms with E-state index in [0.717, 1.165) is 57.2 Å². The van der Waals surface area contributed by atoms with E-state index in [0.29, 0.717) is 17.9 Å². The Balaban J connectivity index is 1.31. The SMILES string of the molecule is Cc1cccc(S(=O)(=O)NCCc2nnc3ccc(NCCCN4CCOCC4)nn23)c1. The third kappa shape index (κ3) is 5.80. The smallest absolute Gasteiger partial charge is 0.240 e. The number of benzene rings is 1. The molecule has 0 atom stereocenters. The molecule has 1 fully saturated rings. The number of aryl methyl sites for hydroxylation is 1. The number of nitrogens with one attached hydrogen (secondary N) is 2. The molecule has 1 aliphatic rings. The quantitative estimate of drug-likeness (QED) is 0.433. The van der Waals surface area contributed by atoms with Crippen molar-refractivity contribution in [3.05, 3.63) is 47.8 Å². The van der Waals surface area contributed by atoms with Gasteiger partial charge in [-0.1, -0.05) is 12.1 Å². The Hall–Kier alpha value is -2.60. The molecule has 11 heteroatoms. The molecule has 1 aliphatic heterocycles. The number of fused-ring (bicyclic) bond motifs is 1. The Kier molecular flexibility index (Phi) is 7.30. The highest BCUT2D eigenvalue weighted by Gasteiger charge is 2.15. The van der Waals surface area contributed by atoms with Gasteiger partial charge < -0.3 is 10.1 Å². The van der Waals surface area contributed by atoms with Gasteiger partial charge >= 0.3 is 0 Å². The summed E-state index contributed by atoms with van der Waals surface area (Å²) >= 11 is 0. The van der Waals surface area contributed by atoms with Gasteiger partial charge in [0, 0.05) is 32.6 Å². The summed E-state index contributed by atoms with van der Waals surface area (Å²) < 4.78 is 34.7. The molecule has 1 saturated heterocycles. The summed E-state index contributed by atoms with van der Waals surface area (Å²) in [4.78, 5) is 2.66. The van der Waals surface area contributed by atoms with Crippen molar-refractivity contribution >= 4 is 21.5 Å². The Morgan fingerprint density at radius 2 is 1.94 bits per heavy atom. The summed E-state index contributed by atoms with van der Waals surface area (Å²) in [5, 5.41) is 16.2. The van der Waals surface area contributed by atoms with E-state index in [-0.39, 0.29) is 11.4 Å². The van der Waals surface area contributed by atoms with Crippen LogP contribution in [0.5, 0.6) is 0 Å². The highest BCUT2D eigenvalue weighted by Crippen LogP contribution is 2.11. The summed E-state index contributed by atoms with van der Waals surface area (Å²) in [5.41, 5.74) is 1.52. The molecule has 172 valence electrons. The molecule has 0 spiro atoms. The van der Waals surface area contributed by atoms with Crippen LogP contribution in [0.15, 0.2) is 41.3 Å². The van der Waals surface area contributed by atoms with Crippen LogP contribution in [-0.2, 0) is 21.2 Å². The lowest BCUT2D eigenvalue weighted by Gasteiger charge is -2.26. The number of anilines is 1.